The maximum Gasteiger partial charge on any atom is 0.137 e. The van der Waals surface area contributed by atoms with E-state index < -0.39 is 0 Å². The SMILES string of the molecule is c1ccc(-n2cc(CN3CCC[C@H]3Cn3cncn3)nn2)cc1. The first-order valence-corrected chi connectivity index (χ1v) is 7.91. The highest BCUT2D eigenvalue weighted by Gasteiger charge is 2.25. The number of rotatable bonds is 5. The smallest absolute Gasteiger partial charge is 0.137 e. The van der Waals surface area contributed by atoms with Crippen LogP contribution in [0.15, 0.2) is 49.2 Å². The summed E-state index contributed by atoms with van der Waals surface area (Å²) in [5.41, 5.74) is 2.03. The van der Waals surface area contributed by atoms with Crippen molar-refractivity contribution in [2.24, 2.45) is 0 Å². The fraction of sp³-hybridized carbons (Fsp3) is 0.375. The summed E-state index contributed by atoms with van der Waals surface area (Å²) >= 11 is 0. The molecule has 23 heavy (non-hydrogen) atoms. The van der Waals surface area contributed by atoms with Gasteiger partial charge in [-0.3, -0.25) is 9.58 Å². The Kier molecular flexibility index (Phi) is 3.85. The summed E-state index contributed by atoms with van der Waals surface area (Å²) in [5, 5.41) is 12.8. The Labute approximate surface area is 134 Å². The predicted molar refractivity (Wildman–Crippen MR) is 84.8 cm³/mol. The van der Waals surface area contributed by atoms with E-state index in [-0.39, 0.29) is 0 Å². The molecule has 1 fully saturated rings. The van der Waals surface area contributed by atoms with Gasteiger partial charge in [0.2, 0.25) is 0 Å². The first-order chi connectivity index (χ1) is 11.4. The molecule has 3 heterocycles. The highest BCUT2D eigenvalue weighted by atomic mass is 15.4. The molecule has 7 nitrogen and oxygen atoms in total. The summed E-state index contributed by atoms with van der Waals surface area (Å²) in [6.07, 6.45) is 7.78. The van der Waals surface area contributed by atoms with Crippen LogP contribution in [0.1, 0.15) is 18.5 Å². The predicted octanol–water partition coefficient (Wildman–Crippen LogP) is 1.52. The van der Waals surface area contributed by atoms with Crippen LogP contribution in [-0.4, -0.2) is 47.2 Å². The molecule has 4 rings (SSSR count). The number of benzene rings is 1. The summed E-state index contributed by atoms with van der Waals surface area (Å²) in [6, 6.07) is 10.6. The van der Waals surface area contributed by atoms with E-state index in [2.05, 4.69) is 25.3 Å². The molecule has 0 spiro atoms. The Morgan fingerprint density at radius 2 is 2.09 bits per heavy atom. The van der Waals surface area contributed by atoms with Crippen LogP contribution in [0.4, 0.5) is 0 Å². The standard InChI is InChI=1S/C16H19N7/c1-2-5-15(6-3-1)23-10-14(19-20-23)9-21-8-4-7-16(21)11-22-13-17-12-18-22/h1-3,5-6,10,12-13,16H,4,7-9,11H2/t16-/m0/s1. The van der Waals surface area contributed by atoms with Gasteiger partial charge in [-0.05, 0) is 31.5 Å². The number of likely N-dealkylation sites (tertiary alicyclic amines) is 1. The summed E-state index contributed by atoms with van der Waals surface area (Å²) in [5.74, 6) is 0. The summed E-state index contributed by atoms with van der Waals surface area (Å²) in [6.45, 7) is 2.80. The van der Waals surface area contributed by atoms with Gasteiger partial charge in [-0.15, -0.1) is 5.10 Å². The van der Waals surface area contributed by atoms with Crippen LogP contribution in [0.3, 0.4) is 0 Å². The molecule has 0 N–H and O–H groups in total. The zero-order chi connectivity index (χ0) is 15.5. The van der Waals surface area contributed by atoms with Crippen molar-refractivity contribution in [2.45, 2.75) is 32.0 Å². The molecule has 0 amide bonds. The average molecular weight is 309 g/mol. The number of nitrogens with zero attached hydrogens (tertiary/aromatic N) is 7. The summed E-state index contributed by atoms with van der Waals surface area (Å²) in [7, 11) is 0. The lowest BCUT2D eigenvalue weighted by Crippen LogP contribution is -2.32. The molecule has 2 aromatic heterocycles. The molecule has 3 aromatic rings. The zero-order valence-electron chi connectivity index (χ0n) is 12.9. The van der Waals surface area contributed by atoms with Crippen molar-refractivity contribution < 1.29 is 0 Å². The largest absolute Gasteiger partial charge is 0.293 e. The first-order valence-electron chi connectivity index (χ1n) is 7.91. The van der Waals surface area contributed by atoms with Crippen LogP contribution in [0.25, 0.3) is 5.69 Å². The fourth-order valence-corrected chi connectivity index (χ4v) is 3.14. The Morgan fingerprint density at radius 1 is 1.17 bits per heavy atom. The molecular weight excluding hydrogens is 290 g/mol. The van der Waals surface area contributed by atoms with E-state index in [1.165, 1.54) is 12.8 Å². The van der Waals surface area contributed by atoms with Crippen LogP contribution >= 0.6 is 0 Å². The van der Waals surface area contributed by atoms with Crippen molar-refractivity contribution in [3.63, 3.8) is 0 Å². The summed E-state index contributed by atoms with van der Waals surface area (Å²) < 4.78 is 3.74. The van der Waals surface area contributed by atoms with Gasteiger partial charge in [0.05, 0.1) is 24.1 Å². The Bertz CT molecular complexity index is 735. The van der Waals surface area contributed by atoms with Gasteiger partial charge >= 0.3 is 0 Å². The van der Waals surface area contributed by atoms with Gasteiger partial charge in [0.15, 0.2) is 0 Å². The number of hydrogen-bond donors (Lipinski definition) is 0. The van der Waals surface area contributed by atoms with Gasteiger partial charge < -0.3 is 0 Å². The van der Waals surface area contributed by atoms with Gasteiger partial charge in [0, 0.05) is 12.6 Å². The molecule has 0 radical (unpaired) electrons. The average Bonchev–Trinajstić information content (AvgIpc) is 3.33. The lowest BCUT2D eigenvalue weighted by atomic mass is 10.2. The zero-order valence-corrected chi connectivity index (χ0v) is 12.9. The molecule has 0 aliphatic carbocycles. The second kappa shape index (κ2) is 6.29. The van der Waals surface area contributed by atoms with E-state index in [0.29, 0.717) is 6.04 Å². The highest BCUT2D eigenvalue weighted by Crippen LogP contribution is 2.20. The van der Waals surface area contributed by atoms with E-state index in [9.17, 15) is 0 Å². The van der Waals surface area contributed by atoms with Crippen LogP contribution in [0.2, 0.25) is 0 Å². The van der Waals surface area contributed by atoms with Crippen LogP contribution in [0, 0.1) is 0 Å². The van der Waals surface area contributed by atoms with E-state index >= 15 is 0 Å². The topological polar surface area (TPSA) is 64.7 Å². The summed E-state index contributed by atoms with van der Waals surface area (Å²) in [4.78, 5) is 6.48. The molecule has 7 heteroatoms. The normalized spacial score (nSPS) is 18.5. The number of aromatic nitrogens is 6. The maximum absolute atomic E-state index is 4.32. The van der Waals surface area contributed by atoms with E-state index in [4.69, 9.17) is 0 Å². The van der Waals surface area contributed by atoms with Crippen molar-refractivity contribution >= 4 is 0 Å². The lowest BCUT2D eigenvalue weighted by Gasteiger charge is -2.22. The van der Waals surface area contributed by atoms with Crippen LogP contribution in [0.5, 0.6) is 0 Å². The second-order valence-electron chi connectivity index (χ2n) is 5.87. The van der Waals surface area contributed by atoms with Crippen molar-refractivity contribution in [1.82, 2.24) is 34.7 Å². The highest BCUT2D eigenvalue weighted by molar-refractivity contribution is 5.29. The molecular formula is C16H19N7. The minimum absolute atomic E-state index is 0.485. The van der Waals surface area contributed by atoms with Crippen molar-refractivity contribution in [2.75, 3.05) is 6.54 Å². The number of hydrogen-bond acceptors (Lipinski definition) is 5. The van der Waals surface area contributed by atoms with Crippen molar-refractivity contribution in [1.29, 1.82) is 0 Å². The van der Waals surface area contributed by atoms with Crippen LogP contribution in [-0.2, 0) is 13.1 Å². The quantitative estimate of drug-likeness (QED) is 0.715. The second-order valence-corrected chi connectivity index (χ2v) is 5.87. The molecule has 118 valence electrons. The fourth-order valence-electron chi connectivity index (χ4n) is 3.14. The molecule has 1 aliphatic rings. The Morgan fingerprint density at radius 3 is 2.91 bits per heavy atom. The molecule has 1 aromatic carbocycles. The van der Waals surface area contributed by atoms with Gasteiger partial charge in [0.1, 0.15) is 12.7 Å². The first kappa shape index (κ1) is 14.1. The lowest BCUT2D eigenvalue weighted by molar-refractivity contribution is 0.216. The van der Waals surface area contributed by atoms with Gasteiger partial charge in [0.25, 0.3) is 0 Å². The molecule has 1 aliphatic heterocycles. The molecule has 1 saturated heterocycles. The van der Waals surface area contributed by atoms with Crippen molar-refractivity contribution in [3.8, 4) is 5.69 Å². The molecule has 0 unspecified atom stereocenters. The molecule has 0 saturated carbocycles. The van der Waals surface area contributed by atoms with E-state index in [0.717, 1.165) is 31.0 Å². The minimum atomic E-state index is 0.485. The Hall–Kier alpha value is -2.54. The van der Waals surface area contributed by atoms with Gasteiger partial charge in [-0.2, -0.15) is 5.10 Å². The third-order valence-electron chi connectivity index (χ3n) is 4.29. The van der Waals surface area contributed by atoms with Gasteiger partial charge in [-0.1, -0.05) is 23.4 Å². The molecule has 0 bridgehead atoms. The number of para-hydroxylation sites is 1. The third-order valence-corrected chi connectivity index (χ3v) is 4.29. The van der Waals surface area contributed by atoms with E-state index in [1.54, 1.807) is 12.7 Å². The van der Waals surface area contributed by atoms with Crippen LogP contribution < -0.4 is 0 Å². The maximum atomic E-state index is 4.32. The Balaban J connectivity index is 1.44. The monoisotopic (exact) mass is 309 g/mol. The molecule has 1 atom stereocenters. The van der Waals surface area contributed by atoms with E-state index in [1.807, 2.05) is 45.9 Å². The minimum Gasteiger partial charge on any atom is -0.293 e. The van der Waals surface area contributed by atoms with Crippen molar-refractivity contribution in [3.05, 3.63) is 54.9 Å². The third kappa shape index (κ3) is 3.14. The van der Waals surface area contributed by atoms with Gasteiger partial charge in [-0.25, -0.2) is 9.67 Å².